The summed E-state index contributed by atoms with van der Waals surface area (Å²) in [7, 11) is 1.98. The number of primary amides is 1. The number of hydrogen-bond acceptors (Lipinski definition) is 3. The number of likely N-dealkylation sites (tertiary alicyclic amines) is 1. The monoisotopic (exact) mass is 284 g/mol. The van der Waals surface area contributed by atoms with E-state index in [0.717, 1.165) is 30.8 Å². The predicted octanol–water partition coefficient (Wildman–Crippen LogP) is 1.05. The molecule has 1 aliphatic heterocycles. The fourth-order valence-electron chi connectivity index (χ4n) is 3.13. The van der Waals surface area contributed by atoms with Crippen molar-refractivity contribution in [1.29, 1.82) is 0 Å². The van der Waals surface area contributed by atoms with Gasteiger partial charge >= 0.3 is 0 Å². The largest absolute Gasteiger partial charge is 0.369 e. The highest BCUT2D eigenvalue weighted by molar-refractivity contribution is 5.87. The number of carbonyl (C=O) groups excluding carboxylic acids is 1. The molecular weight excluding hydrogens is 264 g/mol. The molecule has 1 unspecified atom stereocenters. The third kappa shape index (κ3) is 2.45. The molecular formula is C16H20N4O. The molecule has 1 aliphatic rings. The van der Waals surface area contributed by atoms with Crippen molar-refractivity contribution in [3.8, 4) is 0 Å². The minimum Gasteiger partial charge on any atom is -0.369 e. The Morgan fingerprint density at radius 3 is 2.76 bits per heavy atom. The van der Waals surface area contributed by atoms with E-state index in [1.54, 1.807) is 6.33 Å². The highest BCUT2D eigenvalue weighted by Crippen LogP contribution is 2.35. The minimum absolute atomic E-state index is 0.235. The van der Waals surface area contributed by atoms with Gasteiger partial charge in [0.15, 0.2) is 0 Å². The Balaban J connectivity index is 1.82. The fraction of sp³-hybridized carbons (Fsp3) is 0.375. The highest BCUT2D eigenvalue weighted by atomic mass is 16.1. The lowest BCUT2D eigenvalue weighted by molar-refractivity contribution is -0.123. The summed E-state index contributed by atoms with van der Waals surface area (Å²) < 4.78 is 2.01. The molecule has 0 aliphatic carbocycles. The molecule has 2 N–H and O–H groups in total. The van der Waals surface area contributed by atoms with E-state index in [9.17, 15) is 4.79 Å². The van der Waals surface area contributed by atoms with Crippen LogP contribution in [0, 0.1) is 0 Å². The van der Waals surface area contributed by atoms with Gasteiger partial charge in [-0.25, -0.2) is 4.98 Å². The van der Waals surface area contributed by atoms with Crippen LogP contribution in [0.2, 0.25) is 0 Å². The van der Waals surface area contributed by atoms with Crippen molar-refractivity contribution in [1.82, 2.24) is 14.5 Å². The van der Waals surface area contributed by atoms with Gasteiger partial charge in [0.2, 0.25) is 5.91 Å². The number of carbonyl (C=O) groups is 1. The molecule has 1 atom stereocenters. The van der Waals surface area contributed by atoms with Crippen molar-refractivity contribution >= 4 is 5.91 Å². The number of nitrogens with zero attached hydrogens (tertiary/aromatic N) is 3. The van der Waals surface area contributed by atoms with Crippen LogP contribution in [0.4, 0.5) is 0 Å². The van der Waals surface area contributed by atoms with Crippen LogP contribution < -0.4 is 5.73 Å². The van der Waals surface area contributed by atoms with Crippen molar-refractivity contribution < 1.29 is 4.79 Å². The number of amides is 1. The average Bonchev–Trinajstić information content (AvgIpc) is 3.09. The Kier molecular flexibility index (Phi) is 3.51. The summed E-state index contributed by atoms with van der Waals surface area (Å²) in [5.74, 6) is -0.235. The number of aromatic nitrogens is 2. The Bertz CT molecular complexity index is 637. The summed E-state index contributed by atoms with van der Waals surface area (Å²) in [6.45, 7) is 2.32. The van der Waals surface area contributed by atoms with Crippen molar-refractivity contribution in [3.63, 3.8) is 0 Å². The Labute approximate surface area is 124 Å². The topological polar surface area (TPSA) is 64.2 Å². The van der Waals surface area contributed by atoms with Gasteiger partial charge in [-0.15, -0.1) is 0 Å². The third-order valence-electron chi connectivity index (χ3n) is 4.45. The number of nitrogens with two attached hydrogens (primary N) is 1. The van der Waals surface area contributed by atoms with E-state index in [2.05, 4.69) is 9.88 Å². The lowest BCUT2D eigenvalue weighted by Crippen LogP contribution is -2.43. The van der Waals surface area contributed by atoms with Crippen LogP contribution in [0.5, 0.6) is 0 Å². The van der Waals surface area contributed by atoms with Gasteiger partial charge in [0.25, 0.3) is 0 Å². The van der Waals surface area contributed by atoms with Crippen LogP contribution in [-0.4, -0.2) is 33.4 Å². The average molecular weight is 284 g/mol. The first kappa shape index (κ1) is 13.8. The number of imidazole rings is 1. The number of aryl methyl sites for hydroxylation is 1. The summed E-state index contributed by atoms with van der Waals surface area (Å²) in [5.41, 5.74) is 7.34. The molecule has 21 heavy (non-hydrogen) atoms. The molecule has 1 aromatic heterocycles. The van der Waals surface area contributed by atoms with Crippen LogP contribution in [0.25, 0.3) is 0 Å². The highest BCUT2D eigenvalue weighted by Gasteiger charge is 2.44. The first-order chi connectivity index (χ1) is 10.1. The summed E-state index contributed by atoms with van der Waals surface area (Å²) in [5, 5.41) is 0. The molecule has 3 rings (SSSR count). The molecule has 0 spiro atoms. The summed E-state index contributed by atoms with van der Waals surface area (Å²) >= 11 is 0. The first-order valence-electron chi connectivity index (χ1n) is 7.15. The Hall–Kier alpha value is -2.14. The standard InChI is InChI=1S/C16H20N4O/c1-19-12-18-9-14(19)10-20-8-7-16(11-20,15(17)21)13-5-3-2-4-6-13/h2-6,9,12H,7-8,10-11H2,1H3,(H2,17,21). The zero-order valence-electron chi connectivity index (χ0n) is 12.2. The lowest BCUT2D eigenvalue weighted by atomic mass is 9.79. The summed E-state index contributed by atoms with van der Waals surface area (Å²) in [6, 6.07) is 9.88. The third-order valence-corrected chi connectivity index (χ3v) is 4.45. The molecule has 5 heteroatoms. The van der Waals surface area contributed by atoms with Crippen molar-refractivity contribution in [3.05, 3.63) is 54.1 Å². The van der Waals surface area contributed by atoms with Gasteiger partial charge in [0, 0.05) is 32.9 Å². The normalized spacial score (nSPS) is 22.5. The SMILES string of the molecule is Cn1cncc1CN1CCC(C(N)=O)(c2ccccc2)C1. The first-order valence-corrected chi connectivity index (χ1v) is 7.15. The van der Waals surface area contributed by atoms with Gasteiger partial charge in [0.1, 0.15) is 0 Å². The Morgan fingerprint density at radius 1 is 1.38 bits per heavy atom. The van der Waals surface area contributed by atoms with Crippen LogP contribution >= 0.6 is 0 Å². The zero-order valence-corrected chi connectivity index (χ0v) is 12.2. The molecule has 1 fully saturated rings. The number of hydrogen-bond donors (Lipinski definition) is 1. The van der Waals surface area contributed by atoms with Crippen molar-refractivity contribution in [2.45, 2.75) is 18.4 Å². The van der Waals surface area contributed by atoms with E-state index >= 15 is 0 Å². The second kappa shape index (κ2) is 5.33. The van der Waals surface area contributed by atoms with Crippen molar-refractivity contribution in [2.24, 2.45) is 12.8 Å². The van der Waals surface area contributed by atoms with Crippen LogP contribution in [0.15, 0.2) is 42.9 Å². The predicted molar refractivity (Wildman–Crippen MR) is 80.4 cm³/mol. The maximum atomic E-state index is 12.1. The summed E-state index contributed by atoms with van der Waals surface area (Å²) in [6.07, 6.45) is 4.43. The second-order valence-corrected chi connectivity index (χ2v) is 5.77. The number of benzene rings is 1. The van der Waals surface area contributed by atoms with Crippen LogP contribution in [0.1, 0.15) is 17.7 Å². The van der Waals surface area contributed by atoms with Gasteiger partial charge < -0.3 is 10.3 Å². The molecule has 5 nitrogen and oxygen atoms in total. The van der Waals surface area contributed by atoms with Gasteiger partial charge in [-0.3, -0.25) is 9.69 Å². The van der Waals surface area contributed by atoms with E-state index in [1.807, 2.05) is 48.1 Å². The molecule has 110 valence electrons. The van der Waals surface area contributed by atoms with E-state index in [1.165, 1.54) is 0 Å². The van der Waals surface area contributed by atoms with E-state index in [4.69, 9.17) is 5.73 Å². The molecule has 0 saturated carbocycles. The quantitative estimate of drug-likeness (QED) is 0.912. The molecule has 0 radical (unpaired) electrons. The molecule has 2 heterocycles. The van der Waals surface area contributed by atoms with Gasteiger partial charge in [-0.1, -0.05) is 30.3 Å². The van der Waals surface area contributed by atoms with Gasteiger partial charge in [0.05, 0.1) is 17.4 Å². The van der Waals surface area contributed by atoms with Crippen LogP contribution in [-0.2, 0) is 23.8 Å². The van der Waals surface area contributed by atoms with Gasteiger partial charge in [-0.2, -0.15) is 0 Å². The maximum absolute atomic E-state index is 12.1. The fourth-order valence-corrected chi connectivity index (χ4v) is 3.13. The van der Waals surface area contributed by atoms with Crippen molar-refractivity contribution in [2.75, 3.05) is 13.1 Å². The van der Waals surface area contributed by atoms with E-state index in [0.29, 0.717) is 6.54 Å². The second-order valence-electron chi connectivity index (χ2n) is 5.77. The van der Waals surface area contributed by atoms with E-state index in [-0.39, 0.29) is 5.91 Å². The minimum atomic E-state index is -0.570. The maximum Gasteiger partial charge on any atom is 0.229 e. The zero-order chi connectivity index (χ0) is 14.9. The molecule has 1 aromatic carbocycles. The smallest absolute Gasteiger partial charge is 0.229 e. The summed E-state index contributed by atoms with van der Waals surface area (Å²) in [4.78, 5) is 18.5. The molecule has 2 aromatic rings. The molecule has 1 amide bonds. The van der Waals surface area contributed by atoms with Gasteiger partial charge in [-0.05, 0) is 12.0 Å². The van der Waals surface area contributed by atoms with E-state index < -0.39 is 5.41 Å². The van der Waals surface area contributed by atoms with Crippen LogP contribution in [0.3, 0.4) is 0 Å². The molecule has 1 saturated heterocycles. The lowest BCUT2D eigenvalue weighted by Gasteiger charge is -2.26. The molecule has 0 bridgehead atoms. The Morgan fingerprint density at radius 2 is 2.14 bits per heavy atom. The number of rotatable bonds is 4.